The lowest BCUT2D eigenvalue weighted by Crippen LogP contribution is -2.39. The average molecular weight is 757 g/mol. The van der Waals surface area contributed by atoms with Gasteiger partial charge in [-0.2, -0.15) is 8.78 Å². The second-order valence-corrected chi connectivity index (χ2v) is 11.9. The zero-order valence-electron chi connectivity index (χ0n) is 17.5. The number of hydrogen-bond donors (Lipinski definition) is 0. The third-order valence-electron chi connectivity index (χ3n) is 6.27. The predicted molar refractivity (Wildman–Crippen MR) is 125 cm³/mol. The molecule has 0 aromatic heterocycles. The molecule has 2 aliphatic carbocycles. The fourth-order valence-electron chi connectivity index (χ4n) is 4.83. The van der Waals surface area contributed by atoms with E-state index in [4.69, 9.17) is 4.74 Å². The van der Waals surface area contributed by atoms with E-state index in [1.807, 2.05) is 0 Å². The molecule has 0 N–H and O–H groups in total. The van der Waals surface area contributed by atoms with Crippen LogP contribution in [0.4, 0.5) is 22.0 Å². The quantitative estimate of drug-likeness (QED) is 0.0831. The Labute approximate surface area is 227 Å². The molecule has 4 rings (SSSR count). The van der Waals surface area contributed by atoms with Gasteiger partial charge >= 0.3 is 11.9 Å². The van der Waals surface area contributed by atoms with Crippen LogP contribution in [-0.2, 0) is 19.7 Å². The molecule has 0 heterocycles. The van der Waals surface area contributed by atoms with Crippen LogP contribution in [0.25, 0.3) is 0 Å². The highest BCUT2D eigenvalue weighted by Gasteiger charge is 2.55. The van der Waals surface area contributed by atoms with Gasteiger partial charge in [0.2, 0.25) is 34.8 Å². The number of hydrogen-bond acceptors (Lipinski definition) is 7. The van der Waals surface area contributed by atoms with E-state index in [0.29, 0.717) is 19.3 Å². The molecule has 0 radical (unpaired) electrons. The highest BCUT2D eigenvalue weighted by atomic mass is 127. The first-order valence-corrected chi connectivity index (χ1v) is 13.7. The third kappa shape index (κ3) is 4.82. The Bertz CT molecular complexity index is 1350. The second-order valence-electron chi connectivity index (χ2n) is 8.30. The third-order valence-corrected chi connectivity index (χ3v) is 9.65. The van der Waals surface area contributed by atoms with Gasteiger partial charge in [0.25, 0.3) is 0 Å². The van der Waals surface area contributed by atoms with E-state index < -0.39 is 79.5 Å². The van der Waals surface area contributed by atoms with Gasteiger partial charge in [0.1, 0.15) is 15.9 Å². The van der Waals surface area contributed by atoms with Crippen molar-refractivity contribution in [2.75, 3.05) is 0 Å². The SMILES string of the molecule is O=C(Oc1cc(I)c(S(=O)(=O)[O-])c(I)c1)C1C2CCC(C2)C1C(=O)Oc1c(F)c(F)c(F)c(F)c1F. The molecule has 36 heavy (non-hydrogen) atoms. The van der Waals surface area contributed by atoms with Crippen LogP contribution in [0.2, 0.25) is 0 Å². The van der Waals surface area contributed by atoms with E-state index in [1.165, 1.54) is 0 Å². The summed E-state index contributed by atoms with van der Waals surface area (Å²) in [6, 6.07) is 2.28. The molecule has 0 amide bonds. The van der Waals surface area contributed by atoms with Crippen LogP contribution in [0.15, 0.2) is 17.0 Å². The van der Waals surface area contributed by atoms with Gasteiger partial charge in [-0.1, -0.05) is 0 Å². The van der Waals surface area contributed by atoms with Crippen molar-refractivity contribution >= 4 is 67.2 Å². The summed E-state index contributed by atoms with van der Waals surface area (Å²) in [7, 11) is -4.80. The second kappa shape index (κ2) is 9.94. The van der Waals surface area contributed by atoms with Crippen molar-refractivity contribution in [1.29, 1.82) is 0 Å². The van der Waals surface area contributed by atoms with Crippen molar-refractivity contribution in [2.45, 2.75) is 24.2 Å². The number of rotatable bonds is 5. The molecule has 2 aliphatic rings. The fourth-order valence-corrected chi connectivity index (χ4v) is 8.76. The lowest BCUT2D eigenvalue weighted by molar-refractivity contribution is -0.153. The Morgan fingerprint density at radius 1 is 0.806 bits per heavy atom. The molecule has 2 aromatic rings. The summed E-state index contributed by atoms with van der Waals surface area (Å²) in [5.41, 5.74) is 0. The Hall–Kier alpha value is -1.60. The number of carbonyl (C=O) groups is 2. The van der Waals surface area contributed by atoms with Crippen molar-refractivity contribution in [1.82, 2.24) is 0 Å². The van der Waals surface area contributed by atoms with Gasteiger partial charge in [-0.05, 0) is 88.4 Å². The van der Waals surface area contributed by atoms with Gasteiger partial charge in [0.15, 0.2) is 0 Å². The molecule has 0 spiro atoms. The van der Waals surface area contributed by atoms with Gasteiger partial charge in [-0.15, -0.1) is 0 Å². The lowest BCUT2D eigenvalue weighted by Gasteiger charge is -2.28. The highest BCUT2D eigenvalue weighted by molar-refractivity contribution is 14.1. The summed E-state index contributed by atoms with van der Waals surface area (Å²) in [5.74, 6) is -19.0. The minimum absolute atomic E-state index is 0.00693. The maximum atomic E-state index is 14.0. The maximum absolute atomic E-state index is 14.0. The summed E-state index contributed by atoms with van der Waals surface area (Å²) in [6.45, 7) is 0. The summed E-state index contributed by atoms with van der Waals surface area (Å²) in [6.07, 6.45) is 1.37. The summed E-state index contributed by atoms with van der Waals surface area (Å²) >= 11 is 3.17. The number of benzene rings is 2. The molecule has 2 bridgehead atoms. The van der Waals surface area contributed by atoms with Crippen molar-refractivity contribution in [3.8, 4) is 11.5 Å². The van der Waals surface area contributed by atoms with E-state index in [1.54, 1.807) is 45.2 Å². The van der Waals surface area contributed by atoms with Gasteiger partial charge in [0, 0.05) is 7.14 Å². The van der Waals surface area contributed by atoms with Crippen LogP contribution in [0.3, 0.4) is 0 Å². The molecule has 2 saturated carbocycles. The van der Waals surface area contributed by atoms with Gasteiger partial charge in [-0.25, -0.2) is 21.6 Å². The average Bonchev–Trinajstić information content (AvgIpc) is 3.39. The predicted octanol–water partition coefficient (Wildman–Crippen LogP) is 4.67. The first-order chi connectivity index (χ1) is 16.7. The van der Waals surface area contributed by atoms with Crippen molar-refractivity contribution in [2.24, 2.45) is 23.7 Å². The number of fused-ring (bicyclic) bond motifs is 2. The molecule has 2 aromatic carbocycles. The highest BCUT2D eigenvalue weighted by Crippen LogP contribution is 2.53. The van der Waals surface area contributed by atoms with Crippen LogP contribution >= 0.6 is 45.2 Å². The molecular weight excluding hydrogens is 745 g/mol. The first kappa shape index (κ1) is 27.4. The van der Waals surface area contributed by atoms with E-state index in [0.717, 1.165) is 12.1 Å². The Morgan fingerprint density at radius 3 is 1.67 bits per heavy atom. The maximum Gasteiger partial charge on any atom is 0.315 e. The molecule has 4 atom stereocenters. The van der Waals surface area contributed by atoms with Crippen molar-refractivity contribution < 1.29 is 54.0 Å². The van der Waals surface area contributed by atoms with E-state index in [-0.39, 0.29) is 18.8 Å². The van der Waals surface area contributed by atoms with E-state index in [2.05, 4.69) is 4.74 Å². The summed E-state index contributed by atoms with van der Waals surface area (Å²) in [4.78, 5) is 25.4. The zero-order valence-corrected chi connectivity index (χ0v) is 22.6. The molecule has 7 nitrogen and oxygen atoms in total. The van der Waals surface area contributed by atoms with E-state index >= 15 is 0 Å². The monoisotopic (exact) mass is 757 g/mol. The molecular formula is C21H12F5I2O7S-. The zero-order chi connectivity index (χ0) is 26.7. The topological polar surface area (TPSA) is 110 Å². The van der Waals surface area contributed by atoms with Crippen LogP contribution in [-0.4, -0.2) is 24.9 Å². The van der Waals surface area contributed by atoms with E-state index in [9.17, 15) is 44.5 Å². The lowest BCUT2D eigenvalue weighted by atomic mass is 9.79. The smallest absolute Gasteiger partial charge is 0.315 e. The number of halogens is 7. The van der Waals surface area contributed by atoms with Gasteiger partial charge in [0.05, 0.1) is 16.7 Å². The Balaban J connectivity index is 1.60. The summed E-state index contributed by atoms with van der Waals surface area (Å²) in [5, 5.41) is 0. The van der Waals surface area contributed by atoms with Crippen molar-refractivity contribution in [3.05, 3.63) is 48.4 Å². The normalized spacial score (nSPS) is 23.1. The molecule has 194 valence electrons. The van der Waals surface area contributed by atoms with Crippen LogP contribution in [0.1, 0.15) is 19.3 Å². The van der Waals surface area contributed by atoms with Gasteiger partial charge in [-0.3, -0.25) is 9.59 Å². The molecule has 15 heteroatoms. The van der Waals surface area contributed by atoms with Gasteiger partial charge < -0.3 is 14.0 Å². The molecule has 0 aliphatic heterocycles. The Kier molecular flexibility index (Phi) is 7.57. The minimum Gasteiger partial charge on any atom is -0.744 e. The molecule has 4 unspecified atom stereocenters. The number of esters is 2. The first-order valence-electron chi connectivity index (χ1n) is 10.1. The van der Waals surface area contributed by atoms with Crippen molar-refractivity contribution in [3.63, 3.8) is 0 Å². The summed E-state index contributed by atoms with van der Waals surface area (Å²) < 4.78 is 113. The van der Waals surface area contributed by atoms with Crippen LogP contribution in [0.5, 0.6) is 11.5 Å². The fraction of sp³-hybridized carbons (Fsp3) is 0.333. The molecule has 0 saturated heterocycles. The van der Waals surface area contributed by atoms with Crippen LogP contribution < -0.4 is 9.47 Å². The molecule has 2 fully saturated rings. The Morgan fingerprint density at radius 2 is 1.22 bits per heavy atom. The number of ether oxygens (including phenoxy) is 2. The minimum atomic E-state index is -4.80. The number of carbonyl (C=O) groups excluding carboxylic acids is 2. The standard InChI is InChI=1S/C21H13F5I2O7S/c22-13-14(23)16(25)18(17(26)15(13)24)35-21(30)12-7-2-1-6(3-7)11(12)20(29)34-8-4-9(27)19(10(28)5-8)36(31,32)33/h4-7,11-12H,1-3H2,(H,31,32,33)/p-1. The van der Waals surface area contributed by atoms with Crippen LogP contribution in [0, 0.1) is 59.9 Å². The largest absolute Gasteiger partial charge is 0.744 e.